The van der Waals surface area contributed by atoms with Gasteiger partial charge in [0.2, 0.25) is 0 Å². The highest BCUT2D eigenvalue weighted by atomic mass is 19.1. The molecule has 21 heavy (non-hydrogen) atoms. The summed E-state index contributed by atoms with van der Waals surface area (Å²) in [4.78, 5) is 0. The molecule has 1 saturated heterocycles. The standard InChI is InChI=1S/C19H23FO/c1-3-4-14-5-7-15(8-6-14)13-16-9-10-19(2)11-12-21-18(19)17(16)20/h5-9H,3-4,10-13H2,1-2H3. The summed E-state index contributed by atoms with van der Waals surface area (Å²) in [5.41, 5.74) is 3.19. The summed E-state index contributed by atoms with van der Waals surface area (Å²) < 4.78 is 20.2. The third-order valence-electron chi connectivity index (χ3n) is 4.68. The second-order valence-electron chi connectivity index (χ2n) is 6.48. The summed E-state index contributed by atoms with van der Waals surface area (Å²) in [7, 11) is 0. The normalized spacial score (nSPS) is 24.6. The van der Waals surface area contributed by atoms with Crippen molar-refractivity contribution in [3.05, 3.63) is 58.6 Å². The highest BCUT2D eigenvalue weighted by Crippen LogP contribution is 2.48. The third kappa shape index (κ3) is 2.76. The Morgan fingerprint density at radius 2 is 1.90 bits per heavy atom. The van der Waals surface area contributed by atoms with Crippen LogP contribution in [0.2, 0.25) is 0 Å². The van der Waals surface area contributed by atoms with E-state index < -0.39 is 0 Å². The number of rotatable bonds is 4. The van der Waals surface area contributed by atoms with Crippen LogP contribution in [-0.2, 0) is 17.6 Å². The second-order valence-corrected chi connectivity index (χ2v) is 6.48. The predicted molar refractivity (Wildman–Crippen MR) is 83.7 cm³/mol. The third-order valence-corrected chi connectivity index (χ3v) is 4.68. The number of benzene rings is 1. The molecule has 1 aromatic rings. The maximum absolute atomic E-state index is 14.6. The lowest BCUT2D eigenvalue weighted by Crippen LogP contribution is -2.19. The fourth-order valence-corrected chi connectivity index (χ4v) is 3.26. The molecule has 3 rings (SSSR count). The Kier molecular flexibility index (Phi) is 3.88. The summed E-state index contributed by atoms with van der Waals surface area (Å²) >= 11 is 0. The van der Waals surface area contributed by atoms with E-state index in [1.807, 2.05) is 0 Å². The summed E-state index contributed by atoms with van der Waals surface area (Å²) in [5.74, 6) is 0.460. The first-order valence-electron chi connectivity index (χ1n) is 7.92. The molecule has 1 atom stereocenters. The molecule has 0 spiro atoms. The van der Waals surface area contributed by atoms with Gasteiger partial charge in [0.25, 0.3) is 0 Å². The quantitative estimate of drug-likeness (QED) is 0.746. The van der Waals surface area contributed by atoms with Crippen LogP contribution in [0.3, 0.4) is 0 Å². The Labute approximate surface area is 126 Å². The van der Waals surface area contributed by atoms with Crippen LogP contribution in [0.4, 0.5) is 4.39 Å². The summed E-state index contributed by atoms with van der Waals surface area (Å²) in [6, 6.07) is 8.55. The summed E-state index contributed by atoms with van der Waals surface area (Å²) in [5, 5.41) is 0. The molecule has 0 N–H and O–H groups in total. The van der Waals surface area contributed by atoms with Crippen molar-refractivity contribution in [1.82, 2.24) is 0 Å². The van der Waals surface area contributed by atoms with Gasteiger partial charge in [0.15, 0.2) is 5.83 Å². The minimum absolute atomic E-state index is 0.113. The summed E-state index contributed by atoms with van der Waals surface area (Å²) in [6.45, 7) is 4.93. The highest BCUT2D eigenvalue weighted by Gasteiger charge is 2.41. The van der Waals surface area contributed by atoms with E-state index in [0.29, 0.717) is 18.8 Å². The van der Waals surface area contributed by atoms with Crippen molar-refractivity contribution < 1.29 is 9.13 Å². The fourth-order valence-electron chi connectivity index (χ4n) is 3.26. The number of hydrogen-bond acceptors (Lipinski definition) is 1. The predicted octanol–water partition coefficient (Wildman–Crippen LogP) is 5.12. The van der Waals surface area contributed by atoms with Crippen molar-refractivity contribution in [1.29, 1.82) is 0 Å². The van der Waals surface area contributed by atoms with Gasteiger partial charge in [-0.25, -0.2) is 4.39 Å². The maximum Gasteiger partial charge on any atom is 0.164 e. The van der Waals surface area contributed by atoms with E-state index in [4.69, 9.17) is 4.74 Å². The molecular weight excluding hydrogens is 263 g/mol. The van der Waals surface area contributed by atoms with Gasteiger partial charge in [0, 0.05) is 11.8 Å². The Hall–Kier alpha value is -1.57. The van der Waals surface area contributed by atoms with Gasteiger partial charge in [-0.1, -0.05) is 50.6 Å². The largest absolute Gasteiger partial charge is 0.494 e. The van der Waals surface area contributed by atoms with Gasteiger partial charge < -0.3 is 4.74 Å². The number of allylic oxidation sites excluding steroid dienone is 4. The van der Waals surface area contributed by atoms with Gasteiger partial charge in [-0.2, -0.15) is 0 Å². The molecule has 0 amide bonds. The van der Waals surface area contributed by atoms with Crippen LogP contribution in [-0.4, -0.2) is 6.61 Å². The van der Waals surface area contributed by atoms with Crippen LogP contribution in [0.1, 0.15) is 44.2 Å². The van der Waals surface area contributed by atoms with Crippen molar-refractivity contribution in [2.24, 2.45) is 5.41 Å². The first-order chi connectivity index (χ1) is 10.1. The Balaban J connectivity index is 1.76. The van der Waals surface area contributed by atoms with E-state index in [-0.39, 0.29) is 11.2 Å². The highest BCUT2D eigenvalue weighted by molar-refractivity contribution is 5.40. The average Bonchev–Trinajstić information content (AvgIpc) is 2.87. The zero-order valence-electron chi connectivity index (χ0n) is 12.9. The van der Waals surface area contributed by atoms with E-state index in [0.717, 1.165) is 31.3 Å². The van der Waals surface area contributed by atoms with E-state index in [9.17, 15) is 4.39 Å². The van der Waals surface area contributed by atoms with E-state index in [1.54, 1.807) is 0 Å². The fraction of sp³-hybridized carbons (Fsp3) is 0.474. The number of aryl methyl sites for hydroxylation is 1. The molecule has 112 valence electrons. The molecule has 1 fully saturated rings. The van der Waals surface area contributed by atoms with Gasteiger partial charge in [-0.15, -0.1) is 0 Å². The number of fused-ring (bicyclic) bond motifs is 1. The van der Waals surface area contributed by atoms with Crippen molar-refractivity contribution in [3.63, 3.8) is 0 Å². The Morgan fingerprint density at radius 1 is 1.19 bits per heavy atom. The van der Waals surface area contributed by atoms with Gasteiger partial charge in [0.1, 0.15) is 5.76 Å². The first kappa shape index (κ1) is 14.4. The molecule has 0 bridgehead atoms. The Morgan fingerprint density at radius 3 is 2.62 bits per heavy atom. The van der Waals surface area contributed by atoms with E-state index in [2.05, 4.69) is 44.2 Å². The molecule has 0 saturated carbocycles. The molecule has 1 aliphatic carbocycles. The van der Waals surface area contributed by atoms with Crippen LogP contribution >= 0.6 is 0 Å². The molecule has 1 aliphatic heterocycles. The number of ether oxygens (including phenoxy) is 1. The lowest BCUT2D eigenvalue weighted by atomic mass is 9.78. The maximum atomic E-state index is 14.6. The van der Waals surface area contributed by atoms with E-state index >= 15 is 0 Å². The Bertz CT molecular complexity index is 582. The minimum atomic E-state index is -0.126. The van der Waals surface area contributed by atoms with Gasteiger partial charge in [-0.3, -0.25) is 0 Å². The van der Waals surface area contributed by atoms with Gasteiger partial charge in [0.05, 0.1) is 6.61 Å². The molecule has 1 nitrogen and oxygen atoms in total. The van der Waals surface area contributed by atoms with Crippen molar-refractivity contribution in [2.75, 3.05) is 6.61 Å². The molecule has 1 heterocycles. The average molecular weight is 286 g/mol. The van der Waals surface area contributed by atoms with Crippen LogP contribution in [0.5, 0.6) is 0 Å². The topological polar surface area (TPSA) is 9.23 Å². The SMILES string of the molecule is CCCc1ccc(CC2=CCC3(C)CCOC3=C2F)cc1. The molecule has 0 radical (unpaired) electrons. The molecule has 2 heteroatoms. The monoisotopic (exact) mass is 286 g/mol. The lowest BCUT2D eigenvalue weighted by molar-refractivity contribution is 0.229. The first-order valence-corrected chi connectivity index (χ1v) is 7.92. The van der Waals surface area contributed by atoms with Crippen molar-refractivity contribution >= 4 is 0 Å². The van der Waals surface area contributed by atoms with Crippen molar-refractivity contribution in [2.45, 2.75) is 46.0 Å². The molecule has 1 unspecified atom stereocenters. The van der Waals surface area contributed by atoms with Crippen LogP contribution < -0.4 is 0 Å². The van der Waals surface area contributed by atoms with Gasteiger partial charge in [-0.05, 0) is 36.0 Å². The number of halogens is 1. The van der Waals surface area contributed by atoms with Crippen LogP contribution in [0.15, 0.2) is 47.5 Å². The van der Waals surface area contributed by atoms with Crippen LogP contribution in [0.25, 0.3) is 0 Å². The minimum Gasteiger partial charge on any atom is -0.494 e. The van der Waals surface area contributed by atoms with Crippen molar-refractivity contribution in [3.8, 4) is 0 Å². The zero-order chi connectivity index (χ0) is 14.9. The second kappa shape index (κ2) is 5.67. The molecular formula is C19H23FO. The molecule has 2 aliphatic rings. The van der Waals surface area contributed by atoms with Gasteiger partial charge >= 0.3 is 0 Å². The smallest absolute Gasteiger partial charge is 0.164 e. The molecule has 1 aromatic carbocycles. The number of hydrogen-bond donors (Lipinski definition) is 0. The van der Waals surface area contributed by atoms with Crippen LogP contribution in [0, 0.1) is 5.41 Å². The molecule has 0 aromatic heterocycles. The zero-order valence-corrected chi connectivity index (χ0v) is 12.9. The van der Waals surface area contributed by atoms with E-state index in [1.165, 1.54) is 11.1 Å². The summed E-state index contributed by atoms with van der Waals surface area (Å²) in [6.07, 6.45) is 6.79. The lowest BCUT2D eigenvalue weighted by Gasteiger charge is -2.27.